The molecule has 90 valence electrons. The lowest BCUT2D eigenvalue weighted by atomic mass is 9.94. The molecule has 1 saturated heterocycles. The summed E-state index contributed by atoms with van der Waals surface area (Å²) in [5.41, 5.74) is 0. The van der Waals surface area contributed by atoms with Crippen LogP contribution >= 0.6 is 11.8 Å². The van der Waals surface area contributed by atoms with Gasteiger partial charge in [0, 0.05) is 6.42 Å². The molecule has 1 heterocycles. The fraction of sp³-hybridized carbons (Fsp3) is 1.00. The summed E-state index contributed by atoms with van der Waals surface area (Å²) in [6, 6.07) is 0. The third kappa shape index (κ3) is 6.30. The molecule has 1 unspecified atom stereocenters. The van der Waals surface area contributed by atoms with Crippen molar-refractivity contribution in [1.29, 1.82) is 0 Å². The molecule has 15 heavy (non-hydrogen) atoms. The monoisotopic (exact) mass is 242 g/mol. The van der Waals surface area contributed by atoms with Crippen molar-refractivity contribution in [3.63, 3.8) is 0 Å². The summed E-state index contributed by atoms with van der Waals surface area (Å²) in [6.07, 6.45) is -3.32. The number of hydrogen-bond donors (Lipinski definition) is 1. The van der Waals surface area contributed by atoms with E-state index in [-0.39, 0.29) is 6.42 Å². The minimum atomic E-state index is -4.14. The van der Waals surface area contributed by atoms with E-state index in [9.17, 15) is 18.3 Å². The highest BCUT2D eigenvalue weighted by atomic mass is 32.2. The molecule has 1 aliphatic heterocycles. The quantitative estimate of drug-likeness (QED) is 0.816. The van der Waals surface area contributed by atoms with Crippen molar-refractivity contribution >= 4 is 11.8 Å². The van der Waals surface area contributed by atoms with E-state index in [1.807, 2.05) is 11.8 Å². The second-order valence-corrected chi connectivity index (χ2v) is 5.32. The van der Waals surface area contributed by atoms with Crippen LogP contribution in [-0.2, 0) is 0 Å². The summed E-state index contributed by atoms with van der Waals surface area (Å²) in [5.74, 6) is 2.59. The molecule has 1 nitrogen and oxygen atoms in total. The first-order chi connectivity index (χ1) is 6.97. The van der Waals surface area contributed by atoms with Crippen molar-refractivity contribution in [3.8, 4) is 0 Å². The van der Waals surface area contributed by atoms with E-state index in [4.69, 9.17) is 0 Å². The molecule has 0 aliphatic carbocycles. The Morgan fingerprint density at radius 3 is 2.40 bits per heavy atom. The van der Waals surface area contributed by atoms with Gasteiger partial charge in [0.1, 0.15) is 0 Å². The van der Waals surface area contributed by atoms with Crippen LogP contribution in [0.15, 0.2) is 0 Å². The van der Waals surface area contributed by atoms with Gasteiger partial charge >= 0.3 is 6.18 Å². The maximum absolute atomic E-state index is 11.9. The maximum atomic E-state index is 11.9. The predicted molar refractivity (Wildman–Crippen MR) is 56.0 cm³/mol. The van der Waals surface area contributed by atoms with Gasteiger partial charge < -0.3 is 5.11 Å². The molecule has 1 N–H and O–H groups in total. The second kappa shape index (κ2) is 5.99. The van der Waals surface area contributed by atoms with Gasteiger partial charge in [0.2, 0.25) is 0 Å². The van der Waals surface area contributed by atoms with E-state index in [2.05, 4.69) is 0 Å². The van der Waals surface area contributed by atoms with Crippen LogP contribution in [0.25, 0.3) is 0 Å². The standard InChI is InChI=1S/C10H17F3OS/c11-10(12,13)4-1-9(14)7-8-2-5-15-6-3-8/h8-9,14H,1-7H2. The molecule has 0 spiro atoms. The number of halogens is 3. The van der Waals surface area contributed by atoms with E-state index in [1.165, 1.54) is 0 Å². The molecule has 1 rings (SSSR count). The van der Waals surface area contributed by atoms with E-state index in [0.717, 1.165) is 24.3 Å². The van der Waals surface area contributed by atoms with Gasteiger partial charge in [-0.2, -0.15) is 24.9 Å². The van der Waals surface area contributed by atoms with Crippen LogP contribution in [0.2, 0.25) is 0 Å². The van der Waals surface area contributed by atoms with Crippen molar-refractivity contribution in [1.82, 2.24) is 0 Å². The average Bonchev–Trinajstić information content (AvgIpc) is 2.15. The van der Waals surface area contributed by atoms with Crippen molar-refractivity contribution in [2.45, 2.75) is 44.4 Å². The Hall–Kier alpha value is 0.100. The van der Waals surface area contributed by atoms with Crippen LogP contribution in [0.1, 0.15) is 32.1 Å². The SMILES string of the molecule is OC(CCC(F)(F)F)CC1CCSCC1. The molecule has 0 saturated carbocycles. The Kier molecular flexibility index (Phi) is 5.26. The largest absolute Gasteiger partial charge is 0.393 e. The second-order valence-electron chi connectivity index (χ2n) is 4.10. The van der Waals surface area contributed by atoms with E-state index in [0.29, 0.717) is 12.3 Å². The highest BCUT2D eigenvalue weighted by Gasteiger charge is 2.28. The number of aliphatic hydroxyl groups excluding tert-OH is 1. The first kappa shape index (κ1) is 13.2. The molecule has 1 atom stereocenters. The highest BCUT2D eigenvalue weighted by molar-refractivity contribution is 7.99. The molecule has 5 heteroatoms. The van der Waals surface area contributed by atoms with Crippen LogP contribution in [-0.4, -0.2) is 28.9 Å². The van der Waals surface area contributed by atoms with Gasteiger partial charge in [-0.1, -0.05) is 0 Å². The van der Waals surface area contributed by atoms with Gasteiger partial charge in [-0.15, -0.1) is 0 Å². The van der Waals surface area contributed by atoms with Gasteiger partial charge in [-0.05, 0) is 43.1 Å². The lowest BCUT2D eigenvalue weighted by Crippen LogP contribution is -2.20. The fourth-order valence-corrected chi connectivity index (χ4v) is 3.02. The molecule has 0 aromatic rings. The van der Waals surface area contributed by atoms with Crippen LogP contribution in [0.5, 0.6) is 0 Å². The van der Waals surface area contributed by atoms with Crippen LogP contribution in [0.4, 0.5) is 13.2 Å². The molecular formula is C10H17F3OS. The van der Waals surface area contributed by atoms with Crippen molar-refractivity contribution in [2.24, 2.45) is 5.92 Å². The lowest BCUT2D eigenvalue weighted by Gasteiger charge is -2.23. The molecule has 1 aliphatic rings. The Morgan fingerprint density at radius 2 is 1.87 bits per heavy atom. The summed E-state index contributed by atoms with van der Waals surface area (Å²) in [7, 11) is 0. The van der Waals surface area contributed by atoms with Crippen molar-refractivity contribution in [3.05, 3.63) is 0 Å². The minimum Gasteiger partial charge on any atom is -0.393 e. The summed E-state index contributed by atoms with van der Waals surface area (Å²) < 4.78 is 35.6. The fourth-order valence-electron chi connectivity index (χ4n) is 1.82. The molecule has 1 fully saturated rings. The third-order valence-corrected chi connectivity index (χ3v) is 3.76. The Morgan fingerprint density at radius 1 is 1.27 bits per heavy atom. The normalized spacial score (nSPS) is 21.6. The molecule has 0 aromatic carbocycles. The topological polar surface area (TPSA) is 20.2 Å². The zero-order chi connectivity index (χ0) is 11.3. The van der Waals surface area contributed by atoms with Gasteiger partial charge in [0.05, 0.1) is 6.10 Å². The number of thioether (sulfide) groups is 1. The van der Waals surface area contributed by atoms with E-state index >= 15 is 0 Å². The van der Waals surface area contributed by atoms with Crippen molar-refractivity contribution in [2.75, 3.05) is 11.5 Å². The van der Waals surface area contributed by atoms with Gasteiger partial charge in [-0.3, -0.25) is 0 Å². The minimum absolute atomic E-state index is 0.146. The van der Waals surface area contributed by atoms with Crippen LogP contribution in [0, 0.1) is 5.92 Å². The van der Waals surface area contributed by atoms with Crippen LogP contribution < -0.4 is 0 Å². The number of rotatable bonds is 4. The average molecular weight is 242 g/mol. The smallest absolute Gasteiger partial charge is 0.389 e. The van der Waals surface area contributed by atoms with E-state index in [1.54, 1.807) is 0 Å². The van der Waals surface area contributed by atoms with Crippen LogP contribution in [0.3, 0.4) is 0 Å². The summed E-state index contributed by atoms with van der Waals surface area (Å²) in [5, 5.41) is 9.46. The lowest BCUT2D eigenvalue weighted by molar-refractivity contribution is -0.140. The first-order valence-electron chi connectivity index (χ1n) is 5.30. The molecule has 0 amide bonds. The Balaban J connectivity index is 2.14. The van der Waals surface area contributed by atoms with Crippen molar-refractivity contribution < 1.29 is 18.3 Å². The number of alkyl halides is 3. The number of hydrogen-bond acceptors (Lipinski definition) is 2. The summed E-state index contributed by atoms with van der Waals surface area (Å²) >= 11 is 1.88. The van der Waals surface area contributed by atoms with E-state index < -0.39 is 18.7 Å². The highest BCUT2D eigenvalue weighted by Crippen LogP contribution is 2.29. The summed E-state index contributed by atoms with van der Waals surface area (Å²) in [4.78, 5) is 0. The maximum Gasteiger partial charge on any atom is 0.389 e. The number of aliphatic hydroxyl groups is 1. The third-order valence-electron chi connectivity index (χ3n) is 2.71. The Labute approximate surface area is 92.4 Å². The zero-order valence-electron chi connectivity index (χ0n) is 8.59. The molecular weight excluding hydrogens is 225 g/mol. The molecule has 0 aromatic heterocycles. The molecule has 0 radical (unpaired) electrons. The first-order valence-corrected chi connectivity index (χ1v) is 6.45. The van der Waals surface area contributed by atoms with Gasteiger partial charge in [0.15, 0.2) is 0 Å². The van der Waals surface area contributed by atoms with Gasteiger partial charge in [-0.25, -0.2) is 0 Å². The molecule has 0 bridgehead atoms. The predicted octanol–water partition coefficient (Wildman–Crippen LogP) is 3.22. The van der Waals surface area contributed by atoms with Gasteiger partial charge in [0.25, 0.3) is 0 Å². The zero-order valence-corrected chi connectivity index (χ0v) is 9.41. The Bertz CT molecular complexity index is 178. The summed E-state index contributed by atoms with van der Waals surface area (Å²) in [6.45, 7) is 0.